The number of hydrogen-bond acceptors (Lipinski definition) is 4. The van der Waals surface area contributed by atoms with Crippen molar-refractivity contribution in [1.82, 2.24) is 9.80 Å². The molecule has 28 heavy (non-hydrogen) atoms. The van der Waals surface area contributed by atoms with Gasteiger partial charge in [-0.1, -0.05) is 12.1 Å². The number of nitrogens with one attached hydrogen (secondary N) is 1. The van der Waals surface area contributed by atoms with Crippen molar-refractivity contribution in [2.45, 2.75) is 25.3 Å². The lowest BCUT2D eigenvalue weighted by Gasteiger charge is -2.38. The van der Waals surface area contributed by atoms with Gasteiger partial charge in [-0.05, 0) is 48.9 Å². The van der Waals surface area contributed by atoms with Crippen LogP contribution in [0, 0.1) is 5.82 Å². The van der Waals surface area contributed by atoms with Crippen molar-refractivity contribution in [3.8, 4) is 0 Å². The molecule has 7 heteroatoms. The summed E-state index contributed by atoms with van der Waals surface area (Å²) < 4.78 is 18.6. The van der Waals surface area contributed by atoms with Gasteiger partial charge in [0.1, 0.15) is 5.82 Å². The first-order valence-corrected chi connectivity index (χ1v) is 10.6. The lowest BCUT2D eigenvalue weighted by molar-refractivity contribution is 0.101. The Bertz CT molecular complexity index is 733. The molecule has 0 spiro atoms. The molecule has 2 amide bonds. The van der Waals surface area contributed by atoms with Gasteiger partial charge in [0.2, 0.25) is 0 Å². The van der Waals surface area contributed by atoms with Crippen molar-refractivity contribution in [3.63, 3.8) is 0 Å². The second-order valence-electron chi connectivity index (χ2n) is 7.03. The Balaban J connectivity index is 1.53. The summed E-state index contributed by atoms with van der Waals surface area (Å²) in [6.07, 6.45) is 2.95. The molecule has 3 rings (SSSR count). The Morgan fingerprint density at radius 2 is 2.14 bits per heavy atom. The fourth-order valence-corrected chi connectivity index (χ4v) is 4.28. The summed E-state index contributed by atoms with van der Waals surface area (Å²) >= 11 is 1.80. The summed E-state index contributed by atoms with van der Waals surface area (Å²) in [5.74, 6) is -0.361. The molecular formula is C21H28FN3O2S. The minimum absolute atomic E-state index is 0.168. The number of urea groups is 1. The van der Waals surface area contributed by atoms with Gasteiger partial charge in [0.15, 0.2) is 0 Å². The van der Waals surface area contributed by atoms with E-state index in [-0.39, 0.29) is 17.9 Å². The number of ether oxygens (including phenoxy) is 1. The first-order valence-electron chi connectivity index (χ1n) is 9.72. The van der Waals surface area contributed by atoms with Crippen LogP contribution < -0.4 is 5.32 Å². The van der Waals surface area contributed by atoms with Crippen LogP contribution in [0.2, 0.25) is 0 Å². The van der Waals surface area contributed by atoms with Crippen molar-refractivity contribution in [2.75, 3.05) is 45.2 Å². The van der Waals surface area contributed by atoms with Crippen LogP contribution in [-0.2, 0) is 11.2 Å². The number of anilines is 1. The highest BCUT2D eigenvalue weighted by atomic mass is 32.1. The van der Waals surface area contributed by atoms with Gasteiger partial charge >= 0.3 is 6.03 Å². The van der Waals surface area contributed by atoms with Gasteiger partial charge in [0, 0.05) is 49.9 Å². The average molecular weight is 406 g/mol. The van der Waals surface area contributed by atoms with Gasteiger partial charge < -0.3 is 19.9 Å². The summed E-state index contributed by atoms with van der Waals surface area (Å²) in [7, 11) is 1.63. The van der Waals surface area contributed by atoms with E-state index in [1.165, 1.54) is 17.0 Å². The van der Waals surface area contributed by atoms with E-state index >= 15 is 0 Å². The number of thiophene rings is 1. The number of amides is 2. The number of carbonyl (C=O) groups excluding carboxylic acids is 1. The lowest BCUT2D eigenvalue weighted by Crippen LogP contribution is -2.50. The van der Waals surface area contributed by atoms with Gasteiger partial charge in [-0.15, -0.1) is 11.3 Å². The zero-order valence-corrected chi connectivity index (χ0v) is 17.1. The summed E-state index contributed by atoms with van der Waals surface area (Å²) in [4.78, 5) is 18.5. The first kappa shape index (κ1) is 20.8. The van der Waals surface area contributed by atoms with E-state index in [1.54, 1.807) is 30.6 Å². The molecule has 0 unspecified atom stereocenters. The van der Waals surface area contributed by atoms with E-state index in [0.29, 0.717) is 18.8 Å². The Kier molecular flexibility index (Phi) is 7.82. The number of likely N-dealkylation sites (tertiary alicyclic amines) is 1. The number of halogens is 1. The Labute approximate surface area is 170 Å². The normalized spacial score (nSPS) is 15.5. The fraction of sp³-hybridized carbons (Fsp3) is 0.476. The second kappa shape index (κ2) is 10.5. The van der Waals surface area contributed by atoms with Crippen molar-refractivity contribution in [1.29, 1.82) is 0 Å². The zero-order chi connectivity index (χ0) is 19.8. The van der Waals surface area contributed by atoms with Crippen LogP contribution in [0.1, 0.15) is 17.7 Å². The fourth-order valence-electron chi connectivity index (χ4n) is 3.58. The molecule has 2 heterocycles. The molecule has 1 N–H and O–H groups in total. The molecule has 1 aromatic carbocycles. The maximum Gasteiger partial charge on any atom is 0.322 e. The van der Waals surface area contributed by atoms with Gasteiger partial charge in [0.25, 0.3) is 0 Å². The molecule has 1 aliphatic rings. The summed E-state index contributed by atoms with van der Waals surface area (Å²) in [5, 5.41) is 4.94. The van der Waals surface area contributed by atoms with Crippen LogP contribution in [0.25, 0.3) is 0 Å². The third kappa shape index (κ3) is 6.02. The molecule has 152 valence electrons. The number of carbonyl (C=O) groups is 1. The molecule has 0 atom stereocenters. The molecule has 0 saturated carbocycles. The van der Waals surface area contributed by atoms with Gasteiger partial charge in [-0.2, -0.15) is 0 Å². The average Bonchev–Trinajstić information content (AvgIpc) is 3.21. The van der Waals surface area contributed by atoms with Gasteiger partial charge in [-0.25, -0.2) is 9.18 Å². The molecule has 1 saturated heterocycles. The number of piperidine rings is 1. The van der Waals surface area contributed by atoms with Crippen LogP contribution in [-0.4, -0.2) is 61.8 Å². The Hall–Kier alpha value is -1.96. The monoisotopic (exact) mass is 405 g/mol. The minimum Gasteiger partial charge on any atom is -0.383 e. The van der Waals surface area contributed by atoms with Gasteiger partial charge in [0.05, 0.1) is 6.61 Å². The summed E-state index contributed by atoms with van der Waals surface area (Å²) in [5.41, 5.74) is 0.473. The summed E-state index contributed by atoms with van der Waals surface area (Å²) in [6, 6.07) is 10.2. The van der Waals surface area contributed by atoms with E-state index in [4.69, 9.17) is 4.74 Å². The number of benzene rings is 1. The molecule has 2 aromatic rings. The first-order chi connectivity index (χ1) is 13.7. The van der Waals surface area contributed by atoms with Crippen LogP contribution in [0.4, 0.5) is 14.9 Å². The van der Waals surface area contributed by atoms with E-state index in [2.05, 4.69) is 27.7 Å². The molecule has 1 aliphatic heterocycles. The van der Waals surface area contributed by atoms with E-state index in [1.807, 2.05) is 4.90 Å². The molecule has 5 nitrogen and oxygen atoms in total. The number of methoxy groups -OCH3 is 1. The third-order valence-corrected chi connectivity index (χ3v) is 6.06. The maximum atomic E-state index is 13.4. The predicted molar refractivity (Wildman–Crippen MR) is 111 cm³/mol. The highest BCUT2D eigenvalue weighted by Crippen LogP contribution is 2.19. The largest absolute Gasteiger partial charge is 0.383 e. The molecule has 0 radical (unpaired) electrons. The second-order valence-corrected chi connectivity index (χ2v) is 8.06. The molecule has 1 aromatic heterocycles. The van der Waals surface area contributed by atoms with Crippen molar-refractivity contribution in [2.24, 2.45) is 0 Å². The van der Waals surface area contributed by atoms with E-state index in [0.717, 1.165) is 38.9 Å². The van der Waals surface area contributed by atoms with Crippen LogP contribution in [0.15, 0.2) is 41.8 Å². The topological polar surface area (TPSA) is 44.8 Å². The summed E-state index contributed by atoms with van der Waals surface area (Å²) in [6.45, 7) is 4.02. The lowest BCUT2D eigenvalue weighted by atomic mass is 10.0. The highest BCUT2D eigenvalue weighted by molar-refractivity contribution is 7.09. The third-order valence-electron chi connectivity index (χ3n) is 5.13. The maximum absolute atomic E-state index is 13.4. The van der Waals surface area contributed by atoms with Gasteiger partial charge in [-0.3, -0.25) is 0 Å². The number of hydrogen-bond donors (Lipinski definition) is 1. The quantitative estimate of drug-likeness (QED) is 0.720. The van der Waals surface area contributed by atoms with Crippen LogP contribution >= 0.6 is 11.3 Å². The highest BCUT2D eigenvalue weighted by Gasteiger charge is 2.27. The van der Waals surface area contributed by atoms with Crippen LogP contribution in [0.3, 0.4) is 0 Å². The molecular weight excluding hydrogens is 377 g/mol. The van der Waals surface area contributed by atoms with Crippen LogP contribution in [0.5, 0.6) is 0 Å². The smallest absolute Gasteiger partial charge is 0.322 e. The molecule has 0 bridgehead atoms. The SMILES string of the molecule is COCCN(C(=O)Nc1cccc(F)c1)C1CCN(CCc2cccs2)CC1. The predicted octanol–water partition coefficient (Wildman–Crippen LogP) is 4.07. The van der Waals surface area contributed by atoms with Crippen molar-refractivity contribution >= 4 is 23.1 Å². The Morgan fingerprint density at radius 1 is 1.32 bits per heavy atom. The van der Waals surface area contributed by atoms with E-state index in [9.17, 15) is 9.18 Å². The minimum atomic E-state index is -0.361. The molecule has 1 fully saturated rings. The zero-order valence-electron chi connectivity index (χ0n) is 16.3. The van der Waals surface area contributed by atoms with E-state index < -0.39 is 0 Å². The van der Waals surface area contributed by atoms with Crippen molar-refractivity contribution < 1.29 is 13.9 Å². The number of rotatable bonds is 8. The molecule has 0 aliphatic carbocycles. The number of nitrogens with zero attached hydrogens (tertiary/aromatic N) is 2. The standard InChI is InChI=1S/C21H28FN3O2S/c1-27-14-13-25(21(26)23-18-5-2-4-17(22)16-18)19-7-10-24(11-8-19)12-9-20-6-3-15-28-20/h2-6,15-16,19H,7-14H2,1H3,(H,23,26). The Morgan fingerprint density at radius 3 is 2.82 bits per heavy atom. The van der Waals surface area contributed by atoms with Crippen molar-refractivity contribution in [3.05, 3.63) is 52.5 Å².